The molecule has 190 valence electrons. The highest BCUT2D eigenvalue weighted by Gasteiger charge is 2.60. The molecule has 9 heteroatoms. The van der Waals surface area contributed by atoms with E-state index < -0.39 is 45.8 Å². The summed E-state index contributed by atoms with van der Waals surface area (Å²) in [5.74, 6) is -1.27. The second-order valence-electron chi connectivity index (χ2n) is 11.4. The van der Waals surface area contributed by atoms with E-state index in [-0.39, 0.29) is 19.3 Å². The van der Waals surface area contributed by atoms with Crippen molar-refractivity contribution in [3.8, 4) is 0 Å². The maximum atomic E-state index is 13.1. The van der Waals surface area contributed by atoms with E-state index >= 15 is 0 Å². The fourth-order valence-corrected chi connectivity index (χ4v) is 6.90. The van der Waals surface area contributed by atoms with Crippen LogP contribution in [0, 0.1) is 11.8 Å². The molecule has 1 fully saturated rings. The maximum Gasteiger partial charge on any atom is 0.312 e. The minimum Gasteiger partial charge on any atom is -0.474 e. The second kappa shape index (κ2) is 11.2. The van der Waals surface area contributed by atoms with Gasteiger partial charge in [0, 0.05) is 27.4 Å². The van der Waals surface area contributed by atoms with Gasteiger partial charge in [-0.05, 0) is 31.4 Å². The van der Waals surface area contributed by atoms with Crippen molar-refractivity contribution < 1.29 is 33.3 Å². The Morgan fingerprint density at radius 3 is 2.45 bits per heavy atom. The molecule has 0 radical (unpaired) electrons. The summed E-state index contributed by atoms with van der Waals surface area (Å²) in [5, 5.41) is 13.2. The molecule has 33 heavy (non-hydrogen) atoms. The molecule has 1 aromatic heterocycles. The molecule has 0 bridgehead atoms. The molecule has 0 amide bonds. The summed E-state index contributed by atoms with van der Waals surface area (Å²) in [6, 6.07) is 2.79. The second-order valence-corrected chi connectivity index (χ2v) is 22.0. The highest BCUT2D eigenvalue weighted by atomic mass is 28.3. The quantitative estimate of drug-likeness (QED) is 0.213. The first-order valence-electron chi connectivity index (χ1n) is 12.0. The minimum atomic E-state index is -1.99. The van der Waals surface area contributed by atoms with Crippen molar-refractivity contribution in [3.63, 3.8) is 0 Å². The summed E-state index contributed by atoms with van der Waals surface area (Å²) in [6.07, 6.45) is 0.760. The van der Waals surface area contributed by atoms with E-state index in [9.17, 15) is 9.90 Å². The van der Waals surface area contributed by atoms with E-state index in [1.165, 1.54) is 0 Å². The van der Waals surface area contributed by atoms with Gasteiger partial charge in [-0.2, -0.15) is 0 Å². The van der Waals surface area contributed by atoms with E-state index in [0.717, 1.165) is 11.4 Å². The van der Waals surface area contributed by atoms with Crippen molar-refractivity contribution >= 4 is 27.5 Å². The van der Waals surface area contributed by atoms with Crippen LogP contribution in [0.25, 0.3) is 0 Å². The predicted octanol–water partition coefficient (Wildman–Crippen LogP) is 3.94. The van der Waals surface area contributed by atoms with Gasteiger partial charge in [-0.25, -0.2) is 0 Å². The first kappa shape index (κ1) is 28.3. The summed E-state index contributed by atoms with van der Waals surface area (Å²) in [7, 11) is -1.61. The highest BCUT2D eigenvalue weighted by Crippen LogP contribution is 2.47. The summed E-state index contributed by atoms with van der Waals surface area (Å²) in [6.45, 7) is 17.9. The van der Waals surface area contributed by atoms with Gasteiger partial charge in [0.15, 0.2) is 0 Å². The Labute approximate surface area is 201 Å². The number of methoxy groups -OCH3 is 1. The van der Waals surface area contributed by atoms with Crippen LogP contribution in [0.4, 0.5) is 0 Å². The summed E-state index contributed by atoms with van der Waals surface area (Å²) in [4.78, 5) is 13.1. The van der Waals surface area contributed by atoms with Gasteiger partial charge in [-0.15, -0.1) is 0 Å². The molecule has 1 aromatic rings. The van der Waals surface area contributed by atoms with Crippen LogP contribution in [0.1, 0.15) is 25.8 Å². The van der Waals surface area contributed by atoms with Crippen molar-refractivity contribution in [1.82, 2.24) is 0 Å². The van der Waals surface area contributed by atoms with E-state index in [2.05, 4.69) is 39.3 Å². The van der Waals surface area contributed by atoms with Crippen molar-refractivity contribution in [2.75, 3.05) is 27.1 Å². The van der Waals surface area contributed by atoms with Gasteiger partial charge >= 0.3 is 5.97 Å². The van der Waals surface area contributed by atoms with Gasteiger partial charge in [0.25, 0.3) is 0 Å². The summed E-state index contributed by atoms with van der Waals surface area (Å²) in [5.41, 5.74) is -1.06. The summed E-state index contributed by atoms with van der Waals surface area (Å²) >= 11 is 0. The normalized spacial score (nSPS) is 28.7. The van der Waals surface area contributed by atoms with Crippen LogP contribution >= 0.6 is 0 Å². The van der Waals surface area contributed by atoms with Crippen molar-refractivity contribution in [2.45, 2.75) is 83.4 Å². The van der Waals surface area contributed by atoms with Gasteiger partial charge < -0.3 is 28.5 Å². The van der Waals surface area contributed by atoms with E-state index in [0.29, 0.717) is 18.6 Å². The number of hydrogen-bond donors (Lipinski definition) is 1. The summed E-state index contributed by atoms with van der Waals surface area (Å²) < 4.78 is 29.1. The Kier molecular flexibility index (Phi) is 9.57. The third-order valence-corrected chi connectivity index (χ3v) is 9.83. The first-order chi connectivity index (χ1) is 15.3. The first-order valence-corrected chi connectivity index (χ1v) is 19.2. The zero-order valence-corrected chi connectivity index (χ0v) is 23.9. The van der Waals surface area contributed by atoms with Crippen LogP contribution in [0.5, 0.6) is 0 Å². The predicted molar refractivity (Wildman–Crippen MR) is 134 cm³/mol. The topological polar surface area (TPSA) is 87.4 Å². The average Bonchev–Trinajstić information content (AvgIpc) is 3.20. The molecule has 1 aliphatic rings. The minimum absolute atomic E-state index is 0.0136. The maximum absolute atomic E-state index is 13.1. The molecular formula is C24H44O7Si2. The number of carbonyl (C=O) groups is 1. The van der Waals surface area contributed by atoms with E-state index in [4.69, 9.17) is 23.4 Å². The van der Waals surface area contributed by atoms with Gasteiger partial charge in [-0.3, -0.25) is 4.79 Å². The average molecular weight is 501 g/mol. The Morgan fingerprint density at radius 1 is 1.24 bits per heavy atom. The lowest BCUT2D eigenvalue weighted by molar-refractivity contribution is -0.252. The van der Waals surface area contributed by atoms with Gasteiger partial charge in [0.2, 0.25) is 0 Å². The van der Waals surface area contributed by atoms with E-state index in [1.54, 1.807) is 26.4 Å². The molecule has 0 saturated heterocycles. The highest BCUT2D eigenvalue weighted by molar-refractivity contribution is 6.88. The number of rotatable bonds is 11. The molecule has 1 heterocycles. The van der Waals surface area contributed by atoms with Gasteiger partial charge in [-0.1, -0.05) is 46.2 Å². The lowest BCUT2D eigenvalue weighted by Crippen LogP contribution is -2.63. The van der Waals surface area contributed by atoms with Crippen molar-refractivity contribution in [2.24, 2.45) is 11.8 Å². The third-order valence-electron chi connectivity index (χ3n) is 6.38. The number of aliphatic hydroxyl groups is 1. The standard InChI is InChI=1S/C24H44O7Si2/c1-10-29-22(25)19-15-17(2)20(27-3)21(31-16-28-13-14-32(4,5)6)24(19,26)18-11-12-30-23(18)33(7,8)9/h11-12,17,19-21,26H,10,13-16H2,1-9H3/t17-,19-,20+,21+,24+/m0/s1. The number of carbonyl (C=O) groups excluding carboxylic acids is 1. The number of furan rings is 1. The van der Waals surface area contributed by atoms with Crippen LogP contribution < -0.4 is 5.38 Å². The van der Waals surface area contributed by atoms with Crippen LogP contribution in [0.2, 0.25) is 45.3 Å². The number of esters is 1. The Bertz CT molecular complexity index is 768. The SMILES string of the molecule is CCOC(=O)[C@@H]1C[C@H](C)[C@@H](OC)[C@@H](OCOCC[Si](C)(C)C)[C@@]1(O)c1ccoc1[Si](C)(C)C. The fourth-order valence-electron chi connectivity index (χ4n) is 4.63. The van der Waals surface area contributed by atoms with Crippen LogP contribution in [0.3, 0.4) is 0 Å². The van der Waals surface area contributed by atoms with E-state index in [1.807, 2.05) is 6.92 Å². The molecule has 7 nitrogen and oxygen atoms in total. The Hall–Kier alpha value is -0.976. The molecule has 1 N–H and O–H groups in total. The van der Waals surface area contributed by atoms with Crippen molar-refractivity contribution in [3.05, 3.63) is 17.9 Å². The molecule has 0 aliphatic heterocycles. The number of hydrogen-bond acceptors (Lipinski definition) is 7. The van der Waals surface area contributed by atoms with Crippen molar-refractivity contribution in [1.29, 1.82) is 0 Å². The lowest BCUT2D eigenvalue weighted by Gasteiger charge is -2.50. The zero-order valence-electron chi connectivity index (χ0n) is 21.9. The molecule has 0 aromatic carbocycles. The van der Waals surface area contributed by atoms with Crippen LogP contribution in [-0.4, -0.2) is 66.5 Å². The monoisotopic (exact) mass is 500 g/mol. The molecule has 1 aliphatic carbocycles. The number of ether oxygens (including phenoxy) is 4. The molecule has 5 atom stereocenters. The molecule has 0 unspecified atom stereocenters. The Balaban J connectivity index is 2.47. The largest absolute Gasteiger partial charge is 0.474 e. The molecule has 1 saturated carbocycles. The van der Waals surface area contributed by atoms with Gasteiger partial charge in [0.05, 0.1) is 30.3 Å². The lowest BCUT2D eigenvalue weighted by atomic mass is 9.65. The molecule has 0 spiro atoms. The smallest absolute Gasteiger partial charge is 0.312 e. The zero-order chi connectivity index (χ0) is 25.0. The fraction of sp³-hybridized carbons (Fsp3) is 0.792. The third kappa shape index (κ3) is 6.58. The van der Waals surface area contributed by atoms with Crippen LogP contribution in [0.15, 0.2) is 16.7 Å². The van der Waals surface area contributed by atoms with Gasteiger partial charge in [0.1, 0.15) is 26.6 Å². The van der Waals surface area contributed by atoms with Crippen LogP contribution in [-0.2, 0) is 29.3 Å². The molecular weight excluding hydrogens is 456 g/mol. The Morgan fingerprint density at radius 2 is 1.91 bits per heavy atom. The molecule has 2 rings (SSSR count).